The Morgan fingerprint density at radius 2 is 1.96 bits per heavy atom. The Morgan fingerprint density at radius 3 is 2.65 bits per heavy atom. The highest BCUT2D eigenvalue weighted by Crippen LogP contribution is 2.25. The molecule has 0 bridgehead atoms. The average Bonchev–Trinajstić information content (AvgIpc) is 2.64. The van der Waals surface area contributed by atoms with Gasteiger partial charge in [-0.05, 0) is 45.6 Å². The number of aliphatic hydroxyl groups is 1. The lowest BCUT2D eigenvalue weighted by Gasteiger charge is -2.37. The molecule has 0 aromatic carbocycles. The van der Waals surface area contributed by atoms with Gasteiger partial charge in [-0.2, -0.15) is 0 Å². The molecule has 26 heavy (non-hydrogen) atoms. The molecule has 0 amide bonds. The van der Waals surface area contributed by atoms with Crippen LogP contribution in [0.3, 0.4) is 0 Å². The maximum atomic E-state index is 9.69. The molecule has 2 aliphatic rings. The minimum atomic E-state index is -0.227. The van der Waals surface area contributed by atoms with Crippen molar-refractivity contribution in [3.63, 3.8) is 0 Å². The molecule has 1 aliphatic carbocycles. The summed E-state index contributed by atoms with van der Waals surface area (Å²) in [7, 11) is 0. The fourth-order valence-electron chi connectivity index (χ4n) is 3.51. The van der Waals surface area contributed by atoms with E-state index >= 15 is 0 Å². The van der Waals surface area contributed by atoms with Crippen LogP contribution < -0.4 is 5.32 Å². The van der Waals surface area contributed by atoms with Gasteiger partial charge in [0.2, 0.25) is 0 Å². The van der Waals surface area contributed by atoms with E-state index in [9.17, 15) is 5.11 Å². The van der Waals surface area contributed by atoms with Gasteiger partial charge >= 0.3 is 0 Å². The zero-order chi connectivity index (χ0) is 18.6. The third kappa shape index (κ3) is 5.11. The molecule has 1 saturated heterocycles. The number of aliphatic hydroxyl groups excluding tert-OH is 1. The molecule has 0 atom stereocenters. The van der Waals surface area contributed by atoms with E-state index in [0.29, 0.717) is 11.2 Å². The van der Waals surface area contributed by atoms with Gasteiger partial charge in [-0.1, -0.05) is 23.4 Å². The van der Waals surface area contributed by atoms with Gasteiger partial charge in [0.05, 0.1) is 36.1 Å². The second-order valence-corrected chi connectivity index (χ2v) is 8.00. The van der Waals surface area contributed by atoms with Crippen LogP contribution in [0.5, 0.6) is 0 Å². The highest BCUT2D eigenvalue weighted by molar-refractivity contribution is 6.29. The number of nitrogens with one attached hydrogen (secondary N) is 1. The molecule has 0 radical (unpaired) electrons. The molecular weight excluding hydrogens is 350 g/mol. The highest BCUT2D eigenvalue weighted by Gasteiger charge is 2.26. The first-order chi connectivity index (χ1) is 12.4. The van der Waals surface area contributed by atoms with Crippen molar-refractivity contribution < 1.29 is 9.84 Å². The Kier molecular flexibility index (Phi) is 6.42. The van der Waals surface area contributed by atoms with Crippen LogP contribution in [0, 0.1) is 11.8 Å². The van der Waals surface area contributed by atoms with Crippen LogP contribution in [0.25, 0.3) is 0 Å². The summed E-state index contributed by atoms with van der Waals surface area (Å²) >= 11 is 6.11. The van der Waals surface area contributed by atoms with Crippen LogP contribution in [0.2, 0.25) is 5.15 Å². The van der Waals surface area contributed by atoms with Gasteiger partial charge in [-0.3, -0.25) is 4.90 Å². The largest absolute Gasteiger partial charge is 0.393 e. The summed E-state index contributed by atoms with van der Waals surface area (Å²) in [6, 6.07) is 2.18. The summed E-state index contributed by atoms with van der Waals surface area (Å²) in [4.78, 5) is 6.56. The van der Waals surface area contributed by atoms with Crippen molar-refractivity contribution in [3.05, 3.63) is 23.0 Å². The van der Waals surface area contributed by atoms with E-state index in [-0.39, 0.29) is 11.6 Å². The molecule has 1 saturated carbocycles. The predicted molar refractivity (Wildman–Crippen MR) is 104 cm³/mol. The van der Waals surface area contributed by atoms with Crippen molar-refractivity contribution in [3.8, 4) is 11.8 Å². The van der Waals surface area contributed by atoms with E-state index in [1.54, 1.807) is 6.20 Å². The number of hydrogen-bond acceptors (Lipinski definition) is 5. The maximum absolute atomic E-state index is 9.69. The van der Waals surface area contributed by atoms with Crippen LogP contribution in [0.1, 0.15) is 45.1 Å². The molecule has 1 aromatic rings. The molecule has 0 spiro atoms. The van der Waals surface area contributed by atoms with Crippen molar-refractivity contribution in [1.29, 1.82) is 0 Å². The summed E-state index contributed by atoms with van der Waals surface area (Å²) < 4.78 is 5.44. The fourth-order valence-corrected chi connectivity index (χ4v) is 3.67. The summed E-state index contributed by atoms with van der Waals surface area (Å²) in [5.74, 6) is 6.72. The summed E-state index contributed by atoms with van der Waals surface area (Å²) in [6.07, 6.45) is 5.15. The lowest BCUT2D eigenvalue weighted by atomic mass is 9.93. The molecule has 0 unspecified atom stereocenters. The Morgan fingerprint density at radius 1 is 1.27 bits per heavy atom. The predicted octanol–water partition coefficient (Wildman–Crippen LogP) is 2.91. The third-order valence-corrected chi connectivity index (χ3v) is 5.44. The number of morpholine rings is 1. The van der Waals surface area contributed by atoms with Crippen molar-refractivity contribution >= 4 is 17.3 Å². The molecule has 2 fully saturated rings. The summed E-state index contributed by atoms with van der Waals surface area (Å²) in [6.45, 7) is 7.60. The number of pyridine rings is 1. The van der Waals surface area contributed by atoms with Gasteiger partial charge in [0.1, 0.15) is 5.15 Å². The van der Waals surface area contributed by atoms with E-state index < -0.39 is 0 Å². The fraction of sp³-hybridized carbons (Fsp3) is 0.650. The summed E-state index contributed by atoms with van der Waals surface area (Å²) in [5, 5.41) is 13.7. The number of anilines is 1. The number of rotatable bonds is 3. The first kappa shape index (κ1) is 19.4. The molecule has 5 nitrogen and oxygen atoms in total. The van der Waals surface area contributed by atoms with Gasteiger partial charge in [0.15, 0.2) is 0 Å². The van der Waals surface area contributed by atoms with Crippen LogP contribution in [-0.4, -0.2) is 59.0 Å². The quantitative estimate of drug-likeness (QED) is 0.626. The van der Waals surface area contributed by atoms with Gasteiger partial charge in [0, 0.05) is 25.3 Å². The van der Waals surface area contributed by atoms with E-state index in [4.69, 9.17) is 16.3 Å². The van der Waals surface area contributed by atoms with Crippen LogP contribution in [0.4, 0.5) is 5.69 Å². The van der Waals surface area contributed by atoms with Crippen molar-refractivity contribution in [2.75, 3.05) is 31.6 Å². The molecule has 2 heterocycles. The van der Waals surface area contributed by atoms with Gasteiger partial charge < -0.3 is 15.2 Å². The van der Waals surface area contributed by atoms with E-state index in [2.05, 4.69) is 40.9 Å². The monoisotopic (exact) mass is 377 g/mol. The number of aromatic nitrogens is 1. The first-order valence-corrected chi connectivity index (χ1v) is 9.78. The summed E-state index contributed by atoms with van der Waals surface area (Å²) in [5.41, 5.74) is 1.56. The highest BCUT2D eigenvalue weighted by atomic mass is 35.5. The van der Waals surface area contributed by atoms with Gasteiger partial charge in [-0.15, -0.1) is 0 Å². The number of hydrogen-bond donors (Lipinski definition) is 2. The Labute approximate surface area is 161 Å². The smallest absolute Gasteiger partial charge is 0.131 e. The molecule has 142 valence electrons. The van der Waals surface area contributed by atoms with Crippen molar-refractivity contribution in [2.45, 2.75) is 57.2 Å². The SMILES string of the molecule is CC(C)(C#Cc1cnc(Cl)cc1NC1CCC(O)CC1)N1CCOCC1. The minimum absolute atomic E-state index is 0.164. The number of halogens is 1. The van der Waals surface area contributed by atoms with Gasteiger partial charge in [-0.25, -0.2) is 4.98 Å². The van der Waals surface area contributed by atoms with Crippen molar-refractivity contribution in [1.82, 2.24) is 9.88 Å². The van der Waals surface area contributed by atoms with E-state index in [1.807, 2.05) is 6.07 Å². The van der Waals surface area contributed by atoms with Crippen LogP contribution in [0.15, 0.2) is 12.3 Å². The molecule has 2 N–H and O–H groups in total. The lowest BCUT2D eigenvalue weighted by molar-refractivity contribution is 0.00739. The van der Waals surface area contributed by atoms with E-state index in [1.165, 1.54) is 0 Å². The topological polar surface area (TPSA) is 57.6 Å². The molecular formula is C20H28ClN3O2. The standard InChI is InChI=1S/C20H28ClN3O2/c1-20(2,24-9-11-26-12-10-24)8-7-15-14-22-19(21)13-18(15)23-16-3-5-17(25)6-4-16/h13-14,16-17,25H,3-6,9-12H2,1-2H3,(H,22,23). The number of ether oxygens (including phenoxy) is 1. The lowest BCUT2D eigenvalue weighted by Crippen LogP contribution is -2.49. The minimum Gasteiger partial charge on any atom is -0.393 e. The zero-order valence-corrected chi connectivity index (χ0v) is 16.4. The Hall–Kier alpha value is -1.32. The maximum Gasteiger partial charge on any atom is 0.131 e. The molecule has 6 heteroatoms. The molecule has 1 aliphatic heterocycles. The zero-order valence-electron chi connectivity index (χ0n) is 15.6. The Balaban J connectivity index is 1.75. The second-order valence-electron chi connectivity index (χ2n) is 7.61. The number of nitrogens with zero attached hydrogens (tertiary/aromatic N) is 2. The average molecular weight is 378 g/mol. The first-order valence-electron chi connectivity index (χ1n) is 9.40. The van der Waals surface area contributed by atoms with Crippen molar-refractivity contribution in [2.24, 2.45) is 0 Å². The second kappa shape index (κ2) is 8.58. The van der Waals surface area contributed by atoms with Crippen LogP contribution in [-0.2, 0) is 4.74 Å². The Bertz CT molecular complexity index is 669. The van der Waals surface area contributed by atoms with E-state index in [0.717, 1.165) is 63.2 Å². The van der Waals surface area contributed by atoms with Crippen LogP contribution >= 0.6 is 11.6 Å². The molecule has 3 rings (SSSR count). The van der Waals surface area contributed by atoms with Gasteiger partial charge in [0.25, 0.3) is 0 Å². The third-order valence-electron chi connectivity index (χ3n) is 5.23. The normalized spacial score (nSPS) is 24.6. The molecule has 1 aromatic heterocycles.